The van der Waals surface area contributed by atoms with E-state index in [0.29, 0.717) is 6.54 Å². The Labute approximate surface area is 138 Å². The lowest BCUT2D eigenvalue weighted by molar-refractivity contribution is 0.216. The van der Waals surface area contributed by atoms with Crippen molar-refractivity contribution in [1.82, 2.24) is 15.6 Å². The van der Waals surface area contributed by atoms with Crippen molar-refractivity contribution in [1.29, 1.82) is 0 Å². The summed E-state index contributed by atoms with van der Waals surface area (Å²) in [5, 5.41) is 15.8. The van der Waals surface area contributed by atoms with Crippen molar-refractivity contribution < 1.29 is 9.90 Å². The standard InChI is InChI=1S/C17H17N3O2S/c21-11-14(12-6-2-1-3-7-12)20-17(22)18-10-16-19-13-8-4-5-9-15(13)23-16/h1-9,14,21H,10-11H2,(H2,18,20,22). The second-order valence-corrected chi connectivity index (χ2v) is 6.16. The van der Waals surface area contributed by atoms with E-state index in [1.54, 1.807) is 11.3 Å². The molecule has 6 heteroatoms. The van der Waals surface area contributed by atoms with E-state index < -0.39 is 6.04 Å². The van der Waals surface area contributed by atoms with Crippen molar-refractivity contribution in [3.8, 4) is 0 Å². The minimum Gasteiger partial charge on any atom is -0.394 e. The van der Waals surface area contributed by atoms with Gasteiger partial charge in [0.05, 0.1) is 29.4 Å². The second kappa shape index (κ2) is 7.21. The van der Waals surface area contributed by atoms with Gasteiger partial charge in [-0.25, -0.2) is 9.78 Å². The van der Waals surface area contributed by atoms with E-state index in [2.05, 4.69) is 15.6 Å². The van der Waals surface area contributed by atoms with Gasteiger partial charge >= 0.3 is 6.03 Å². The number of hydrogen-bond donors (Lipinski definition) is 3. The first-order chi connectivity index (χ1) is 11.3. The van der Waals surface area contributed by atoms with Crippen LogP contribution in [0.1, 0.15) is 16.6 Å². The molecule has 0 aliphatic heterocycles. The molecule has 5 nitrogen and oxygen atoms in total. The number of urea groups is 1. The van der Waals surface area contributed by atoms with Crippen LogP contribution in [0.2, 0.25) is 0 Å². The number of nitrogens with zero attached hydrogens (tertiary/aromatic N) is 1. The van der Waals surface area contributed by atoms with Crippen LogP contribution in [0.4, 0.5) is 4.79 Å². The number of carbonyl (C=O) groups excluding carboxylic acids is 1. The molecule has 3 N–H and O–H groups in total. The predicted molar refractivity (Wildman–Crippen MR) is 91.3 cm³/mol. The topological polar surface area (TPSA) is 74.2 Å². The number of para-hydroxylation sites is 1. The van der Waals surface area contributed by atoms with Crippen LogP contribution in [0, 0.1) is 0 Å². The van der Waals surface area contributed by atoms with Crippen LogP contribution in [-0.4, -0.2) is 22.7 Å². The number of hydrogen-bond acceptors (Lipinski definition) is 4. The number of rotatable bonds is 5. The monoisotopic (exact) mass is 327 g/mol. The summed E-state index contributed by atoms with van der Waals surface area (Å²) in [5.74, 6) is 0. The number of thiazole rings is 1. The quantitative estimate of drug-likeness (QED) is 0.674. The van der Waals surface area contributed by atoms with Crippen LogP contribution in [-0.2, 0) is 6.54 Å². The largest absolute Gasteiger partial charge is 0.394 e. The maximum Gasteiger partial charge on any atom is 0.315 e. The molecule has 1 aromatic heterocycles. The molecular formula is C17H17N3O2S. The molecule has 1 atom stereocenters. The van der Waals surface area contributed by atoms with Gasteiger partial charge in [-0.15, -0.1) is 11.3 Å². The van der Waals surface area contributed by atoms with E-state index in [4.69, 9.17) is 0 Å². The Bertz CT molecular complexity index is 756. The summed E-state index contributed by atoms with van der Waals surface area (Å²) >= 11 is 1.56. The lowest BCUT2D eigenvalue weighted by Crippen LogP contribution is -2.38. The molecule has 0 spiro atoms. The van der Waals surface area contributed by atoms with Gasteiger partial charge in [-0.3, -0.25) is 0 Å². The van der Waals surface area contributed by atoms with Gasteiger partial charge in [-0.2, -0.15) is 0 Å². The molecule has 118 valence electrons. The van der Waals surface area contributed by atoms with Gasteiger partial charge in [0, 0.05) is 0 Å². The first kappa shape index (κ1) is 15.5. The molecule has 0 bridgehead atoms. The number of nitrogens with one attached hydrogen (secondary N) is 2. The van der Waals surface area contributed by atoms with Crippen LogP contribution >= 0.6 is 11.3 Å². The van der Waals surface area contributed by atoms with Crippen molar-refractivity contribution in [2.24, 2.45) is 0 Å². The third-order valence-corrected chi connectivity index (χ3v) is 4.46. The highest BCUT2D eigenvalue weighted by Gasteiger charge is 2.13. The molecule has 3 rings (SSSR count). The number of aliphatic hydroxyl groups excluding tert-OH is 1. The van der Waals surface area contributed by atoms with E-state index in [0.717, 1.165) is 20.8 Å². The zero-order chi connectivity index (χ0) is 16.1. The molecule has 0 saturated carbocycles. The Morgan fingerprint density at radius 2 is 1.87 bits per heavy atom. The third kappa shape index (κ3) is 3.85. The molecule has 0 aliphatic rings. The molecule has 2 aromatic carbocycles. The fourth-order valence-corrected chi connectivity index (χ4v) is 3.19. The second-order valence-electron chi connectivity index (χ2n) is 5.05. The van der Waals surface area contributed by atoms with Crippen molar-refractivity contribution in [2.75, 3.05) is 6.61 Å². The number of carbonyl (C=O) groups is 1. The van der Waals surface area contributed by atoms with Gasteiger partial charge in [-0.05, 0) is 17.7 Å². The first-order valence-electron chi connectivity index (χ1n) is 7.31. The molecule has 0 radical (unpaired) electrons. The highest BCUT2D eigenvalue weighted by molar-refractivity contribution is 7.18. The maximum absolute atomic E-state index is 12.0. The van der Waals surface area contributed by atoms with Gasteiger partial charge in [-0.1, -0.05) is 42.5 Å². The Kier molecular flexibility index (Phi) is 4.85. The van der Waals surface area contributed by atoms with Crippen LogP contribution < -0.4 is 10.6 Å². The zero-order valence-electron chi connectivity index (χ0n) is 12.4. The Morgan fingerprint density at radius 3 is 2.61 bits per heavy atom. The minimum atomic E-state index is -0.424. The molecule has 2 amide bonds. The lowest BCUT2D eigenvalue weighted by Gasteiger charge is -2.16. The number of benzene rings is 2. The van der Waals surface area contributed by atoms with Crippen molar-refractivity contribution in [2.45, 2.75) is 12.6 Å². The molecule has 1 unspecified atom stereocenters. The van der Waals surface area contributed by atoms with Gasteiger partial charge in [0.15, 0.2) is 0 Å². The molecule has 0 aliphatic carbocycles. The Hall–Kier alpha value is -2.44. The summed E-state index contributed by atoms with van der Waals surface area (Å²) in [7, 11) is 0. The number of aliphatic hydroxyl groups is 1. The first-order valence-corrected chi connectivity index (χ1v) is 8.12. The fourth-order valence-electron chi connectivity index (χ4n) is 2.28. The van der Waals surface area contributed by atoms with Gasteiger partial charge in [0.2, 0.25) is 0 Å². The van der Waals surface area contributed by atoms with Crippen LogP contribution in [0.3, 0.4) is 0 Å². The summed E-state index contributed by atoms with van der Waals surface area (Å²) in [6, 6.07) is 16.5. The molecule has 23 heavy (non-hydrogen) atoms. The van der Waals surface area contributed by atoms with Crippen LogP contribution in [0.15, 0.2) is 54.6 Å². The molecule has 3 aromatic rings. The summed E-state index contributed by atoms with van der Waals surface area (Å²) in [5.41, 5.74) is 1.80. The Balaban J connectivity index is 1.58. The predicted octanol–water partition coefficient (Wildman–Crippen LogP) is 2.83. The Morgan fingerprint density at radius 1 is 1.13 bits per heavy atom. The smallest absolute Gasteiger partial charge is 0.315 e. The highest BCUT2D eigenvalue weighted by atomic mass is 32.1. The van der Waals surface area contributed by atoms with E-state index >= 15 is 0 Å². The van der Waals surface area contributed by atoms with Gasteiger partial charge in [0.1, 0.15) is 5.01 Å². The third-order valence-electron chi connectivity index (χ3n) is 3.43. The maximum atomic E-state index is 12.0. The van der Waals surface area contributed by atoms with E-state index in [-0.39, 0.29) is 12.6 Å². The van der Waals surface area contributed by atoms with E-state index in [1.807, 2.05) is 54.6 Å². The van der Waals surface area contributed by atoms with Crippen LogP contribution in [0.5, 0.6) is 0 Å². The summed E-state index contributed by atoms with van der Waals surface area (Å²) in [6.45, 7) is 0.205. The average Bonchev–Trinajstić information content (AvgIpc) is 3.01. The van der Waals surface area contributed by atoms with Crippen LogP contribution in [0.25, 0.3) is 10.2 Å². The number of aromatic nitrogens is 1. The highest BCUT2D eigenvalue weighted by Crippen LogP contribution is 2.21. The summed E-state index contributed by atoms with van der Waals surface area (Å²) in [4.78, 5) is 16.5. The van der Waals surface area contributed by atoms with E-state index in [9.17, 15) is 9.90 Å². The zero-order valence-corrected chi connectivity index (χ0v) is 13.2. The summed E-state index contributed by atoms with van der Waals surface area (Å²) < 4.78 is 1.10. The molecule has 0 saturated heterocycles. The average molecular weight is 327 g/mol. The number of fused-ring (bicyclic) bond motifs is 1. The van der Waals surface area contributed by atoms with Crippen molar-refractivity contribution in [3.05, 3.63) is 65.2 Å². The lowest BCUT2D eigenvalue weighted by atomic mass is 10.1. The van der Waals surface area contributed by atoms with Gasteiger partial charge < -0.3 is 15.7 Å². The SMILES string of the molecule is O=C(NCc1nc2ccccc2s1)NC(CO)c1ccccc1. The van der Waals surface area contributed by atoms with Crippen molar-refractivity contribution >= 4 is 27.6 Å². The normalized spacial score (nSPS) is 12.0. The number of amides is 2. The molecular weight excluding hydrogens is 310 g/mol. The van der Waals surface area contributed by atoms with E-state index in [1.165, 1.54) is 0 Å². The fraction of sp³-hybridized carbons (Fsp3) is 0.176. The van der Waals surface area contributed by atoms with Gasteiger partial charge in [0.25, 0.3) is 0 Å². The summed E-state index contributed by atoms with van der Waals surface area (Å²) in [6.07, 6.45) is 0. The molecule has 0 fully saturated rings. The molecule has 1 heterocycles. The minimum absolute atomic E-state index is 0.154. The van der Waals surface area contributed by atoms with Crippen molar-refractivity contribution in [3.63, 3.8) is 0 Å².